The van der Waals surface area contributed by atoms with Crippen LogP contribution in [0.1, 0.15) is 49.1 Å². The van der Waals surface area contributed by atoms with Gasteiger partial charge in [-0.2, -0.15) is 5.10 Å². The first-order chi connectivity index (χ1) is 15.7. The molecule has 0 bridgehead atoms. The highest BCUT2D eigenvalue weighted by atomic mass is 16.5. The first-order valence-electron chi connectivity index (χ1n) is 10.2. The number of ether oxygens (including phenoxy) is 1. The smallest absolute Gasteiger partial charge is 0.267 e. The fourth-order valence-electron chi connectivity index (χ4n) is 3.38. The molecule has 0 aliphatic rings. The number of nitrogens with two attached hydrogens (primary N) is 1. The summed E-state index contributed by atoms with van der Waals surface area (Å²) in [7, 11) is 1.56. The molecule has 0 radical (unpaired) electrons. The second-order valence-corrected chi connectivity index (χ2v) is 7.38. The van der Waals surface area contributed by atoms with Gasteiger partial charge in [0.15, 0.2) is 0 Å². The Bertz CT molecular complexity index is 1240. The zero-order valence-corrected chi connectivity index (χ0v) is 19.0. The van der Waals surface area contributed by atoms with Crippen LogP contribution in [0.15, 0.2) is 43.1 Å². The number of carbonyl (C=O) groups is 2. The summed E-state index contributed by atoms with van der Waals surface area (Å²) in [6, 6.07) is 5.08. The molecule has 9 nitrogen and oxygen atoms in total. The molecule has 3 heterocycles. The Kier molecular flexibility index (Phi) is 7.02. The largest absolute Gasteiger partial charge is 0.481 e. The van der Waals surface area contributed by atoms with Crippen molar-refractivity contribution in [2.24, 2.45) is 5.73 Å². The molecule has 0 aliphatic carbocycles. The number of carbonyl (C=O) groups excluding carboxylic acids is 2. The normalized spacial score (nSPS) is 10.9. The maximum Gasteiger partial charge on any atom is 0.267 e. The third-order valence-electron chi connectivity index (χ3n) is 5.10. The number of aromatic nitrogens is 4. The Morgan fingerprint density at radius 1 is 1.24 bits per heavy atom. The molecule has 3 rings (SSSR count). The van der Waals surface area contributed by atoms with Gasteiger partial charge in [0.2, 0.25) is 5.88 Å². The zero-order chi connectivity index (χ0) is 24.1. The minimum atomic E-state index is -0.709. The Morgan fingerprint density at radius 2 is 2.00 bits per heavy atom. The number of amides is 2. The standard InChI is InChI=1S/C24H26N6O3/c1-6-7-8-18-14(2)27-20(23(25)31)11-19(18)24(32)28-22-15(3)29-30(16(22)4)13-17-9-10-21(33-5)26-12-17/h6-12H,1,13H2,2-5H3,(H2,25,31)(H,28,32)/b8-7-. The van der Waals surface area contributed by atoms with E-state index in [1.54, 1.807) is 49.2 Å². The molecule has 3 aromatic rings. The Hall–Kier alpha value is -4.27. The van der Waals surface area contributed by atoms with Crippen LogP contribution >= 0.6 is 0 Å². The number of primary amides is 1. The Balaban J connectivity index is 1.93. The van der Waals surface area contributed by atoms with Gasteiger partial charge in [0.05, 0.1) is 36.3 Å². The van der Waals surface area contributed by atoms with Gasteiger partial charge in [0.1, 0.15) is 5.69 Å². The van der Waals surface area contributed by atoms with Crippen LogP contribution in [0.2, 0.25) is 0 Å². The molecule has 0 aliphatic heterocycles. The van der Waals surface area contributed by atoms with E-state index < -0.39 is 11.8 Å². The quantitative estimate of drug-likeness (QED) is 0.512. The summed E-state index contributed by atoms with van der Waals surface area (Å²) >= 11 is 0. The van der Waals surface area contributed by atoms with Gasteiger partial charge in [-0.15, -0.1) is 0 Å². The molecule has 170 valence electrons. The van der Waals surface area contributed by atoms with Crippen LogP contribution in [-0.4, -0.2) is 38.7 Å². The first-order valence-corrected chi connectivity index (χ1v) is 10.2. The topological polar surface area (TPSA) is 125 Å². The van der Waals surface area contributed by atoms with Gasteiger partial charge in [0, 0.05) is 23.5 Å². The van der Waals surface area contributed by atoms with E-state index >= 15 is 0 Å². The van der Waals surface area contributed by atoms with E-state index in [4.69, 9.17) is 10.5 Å². The summed E-state index contributed by atoms with van der Waals surface area (Å²) < 4.78 is 6.88. The summed E-state index contributed by atoms with van der Waals surface area (Å²) in [5.74, 6) is -0.576. The molecule has 3 aromatic heterocycles. The van der Waals surface area contributed by atoms with Crippen molar-refractivity contribution in [3.05, 3.63) is 82.6 Å². The molecular weight excluding hydrogens is 420 g/mol. The lowest BCUT2D eigenvalue weighted by Gasteiger charge is -2.12. The number of nitrogens with one attached hydrogen (secondary N) is 1. The minimum Gasteiger partial charge on any atom is -0.481 e. The number of methoxy groups -OCH3 is 1. The minimum absolute atomic E-state index is 0.0181. The molecule has 0 unspecified atom stereocenters. The second kappa shape index (κ2) is 9.90. The van der Waals surface area contributed by atoms with Crippen molar-refractivity contribution >= 4 is 23.6 Å². The van der Waals surface area contributed by atoms with Crippen molar-refractivity contribution in [2.45, 2.75) is 27.3 Å². The molecule has 0 spiro atoms. The maximum absolute atomic E-state index is 13.3. The monoisotopic (exact) mass is 446 g/mol. The van der Waals surface area contributed by atoms with Crippen molar-refractivity contribution in [2.75, 3.05) is 12.4 Å². The van der Waals surface area contributed by atoms with Crippen molar-refractivity contribution in [1.82, 2.24) is 19.7 Å². The van der Waals surface area contributed by atoms with E-state index in [2.05, 4.69) is 27.0 Å². The fourth-order valence-corrected chi connectivity index (χ4v) is 3.38. The number of allylic oxidation sites excluding steroid dienone is 2. The summed E-state index contributed by atoms with van der Waals surface area (Å²) in [6.07, 6.45) is 6.73. The summed E-state index contributed by atoms with van der Waals surface area (Å²) in [5.41, 5.74) is 9.75. The Morgan fingerprint density at radius 3 is 2.61 bits per heavy atom. The number of aryl methyl sites for hydroxylation is 2. The van der Waals surface area contributed by atoms with Gasteiger partial charge in [-0.05, 0) is 32.4 Å². The van der Waals surface area contributed by atoms with Crippen LogP contribution in [0.3, 0.4) is 0 Å². The number of hydrogen-bond donors (Lipinski definition) is 2. The lowest BCUT2D eigenvalue weighted by molar-refractivity contribution is 0.0995. The summed E-state index contributed by atoms with van der Waals surface area (Å²) in [5, 5.41) is 7.49. The highest BCUT2D eigenvalue weighted by Gasteiger charge is 2.20. The van der Waals surface area contributed by atoms with Crippen LogP contribution in [0.25, 0.3) is 6.08 Å². The second-order valence-electron chi connectivity index (χ2n) is 7.38. The lowest BCUT2D eigenvalue weighted by atomic mass is 10.0. The third kappa shape index (κ3) is 5.15. The Labute approximate surface area is 192 Å². The van der Waals surface area contributed by atoms with Crippen molar-refractivity contribution in [1.29, 1.82) is 0 Å². The molecule has 0 saturated heterocycles. The average molecular weight is 447 g/mol. The van der Waals surface area contributed by atoms with Crippen molar-refractivity contribution in [3.63, 3.8) is 0 Å². The van der Waals surface area contributed by atoms with Gasteiger partial charge in [-0.3, -0.25) is 14.3 Å². The third-order valence-corrected chi connectivity index (χ3v) is 5.10. The van der Waals surface area contributed by atoms with Crippen LogP contribution in [0.4, 0.5) is 5.69 Å². The van der Waals surface area contributed by atoms with Crippen LogP contribution < -0.4 is 15.8 Å². The summed E-state index contributed by atoms with van der Waals surface area (Å²) in [6.45, 7) is 9.54. The molecule has 9 heteroatoms. The van der Waals surface area contributed by atoms with E-state index in [0.717, 1.165) is 11.3 Å². The van der Waals surface area contributed by atoms with Gasteiger partial charge in [-0.1, -0.05) is 30.9 Å². The molecule has 0 atom stereocenters. The number of rotatable bonds is 8. The predicted octanol–water partition coefficient (Wildman–Crippen LogP) is 3.21. The van der Waals surface area contributed by atoms with E-state index in [1.165, 1.54) is 6.07 Å². The molecule has 2 amide bonds. The first kappa shape index (κ1) is 23.4. The molecular formula is C24H26N6O3. The lowest BCUT2D eigenvalue weighted by Crippen LogP contribution is -2.20. The van der Waals surface area contributed by atoms with Crippen LogP contribution in [0.5, 0.6) is 5.88 Å². The van der Waals surface area contributed by atoms with Gasteiger partial charge in [-0.25, -0.2) is 9.97 Å². The van der Waals surface area contributed by atoms with E-state index in [1.807, 2.05) is 19.9 Å². The van der Waals surface area contributed by atoms with Crippen molar-refractivity contribution < 1.29 is 14.3 Å². The number of nitrogens with zero attached hydrogens (tertiary/aromatic N) is 4. The van der Waals surface area contributed by atoms with Crippen LogP contribution in [0, 0.1) is 20.8 Å². The van der Waals surface area contributed by atoms with E-state index in [0.29, 0.717) is 35.1 Å². The fraction of sp³-hybridized carbons (Fsp3) is 0.208. The SMILES string of the molecule is C=C/C=C\c1c(C(=O)Nc2c(C)nn(Cc3ccc(OC)nc3)c2C)cc(C(N)=O)nc1C. The molecule has 0 saturated carbocycles. The molecule has 0 aromatic carbocycles. The van der Waals surface area contributed by atoms with Gasteiger partial charge < -0.3 is 15.8 Å². The summed E-state index contributed by atoms with van der Waals surface area (Å²) in [4.78, 5) is 33.4. The van der Waals surface area contributed by atoms with Crippen molar-refractivity contribution in [3.8, 4) is 5.88 Å². The molecule has 0 fully saturated rings. The number of pyridine rings is 2. The van der Waals surface area contributed by atoms with Gasteiger partial charge >= 0.3 is 0 Å². The van der Waals surface area contributed by atoms with E-state index in [-0.39, 0.29) is 11.3 Å². The average Bonchev–Trinajstić information content (AvgIpc) is 3.05. The van der Waals surface area contributed by atoms with Gasteiger partial charge in [0.25, 0.3) is 11.8 Å². The predicted molar refractivity (Wildman–Crippen MR) is 126 cm³/mol. The zero-order valence-electron chi connectivity index (χ0n) is 19.0. The van der Waals surface area contributed by atoms with E-state index in [9.17, 15) is 9.59 Å². The number of hydrogen-bond acceptors (Lipinski definition) is 6. The molecule has 33 heavy (non-hydrogen) atoms. The highest BCUT2D eigenvalue weighted by molar-refractivity contribution is 6.08. The maximum atomic E-state index is 13.3. The molecule has 3 N–H and O–H groups in total. The van der Waals surface area contributed by atoms with Crippen LogP contribution in [-0.2, 0) is 6.54 Å². The number of anilines is 1. The highest BCUT2D eigenvalue weighted by Crippen LogP contribution is 2.24.